The standard InChI is InChI=1S/C17H17FN2O/c1-2-3-12-20-16(13-4-7-15(18)8-5-13)9-6-14(10-11-19)17(20)21/h4-9H,2-3,10,12H2,1H3. The Labute approximate surface area is 123 Å². The summed E-state index contributed by atoms with van der Waals surface area (Å²) in [6.07, 6.45) is 1.95. The van der Waals surface area contributed by atoms with E-state index in [-0.39, 0.29) is 17.8 Å². The molecular weight excluding hydrogens is 267 g/mol. The molecule has 0 fully saturated rings. The van der Waals surface area contributed by atoms with Crippen LogP contribution in [0.4, 0.5) is 4.39 Å². The number of pyridine rings is 1. The van der Waals surface area contributed by atoms with E-state index >= 15 is 0 Å². The minimum Gasteiger partial charge on any atom is -0.308 e. The summed E-state index contributed by atoms with van der Waals surface area (Å²) in [5.74, 6) is -0.303. The second kappa shape index (κ2) is 6.85. The summed E-state index contributed by atoms with van der Waals surface area (Å²) in [7, 11) is 0. The Morgan fingerprint density at radius 3 is 2.52 bits per heavy atom. The first-order valence-corrected chi connectivity index (χ1v) is 7.03. The van der Waals surface area contributed by atoms with Gasteiger partial charge in [-0.25, -0.2) is 4.39 Å². The van der Waals surface area contributed by atoms with Crippen LogP contribution in [0, 0.1) is 17.1 Å². The lowest BCUT2D eigenvalue weighted by Crippen LogP contribution is -2.25. The first-order chi connectivity index (χ1) is 10.2. The van der Waals surface area contributed by atoms with Gasteiger partial charge in [0.05, 0.1) is 18.2 Å². The van der Waals surface area contributed by atoms with Crippen LogP contribution in [0.1, 0.15) is 25.3 Å². The third-order valence-corrected chi connectivity index (χ3v) is 3.40. The maximum atomic E-state index is 13.0. The number of benzene rings is 1. The van der Waals surface area contributed by atoms with Gasteiger partial charge in [-0.15, -0.1) is 0 Å². The first-order valence-electron chi connectivity index (χ1n) is 7.03. The van der Waals surface area contributed by atoms with E-state index in [1.807, 2.05) is 12.1 Å². The summed E-state index contributed by atoms with van der Waals surface area (Å²) in [5.41, 5.74) is 1.93. The van der Waals surface area contributed by atoms with Gasteiger partial charge in [0.15, 0.2) is 0 Å². The van der Waals surface area contributed by atoms with Gasteiger partial charge >= 0.3 is 0 Å². The van der Waals surface area contributed by atoms with Gasteiger partial charge in [0.2, 0.25) is 0 Å². The van der Waals surface area contributed by atoms with E-state index in [1.165, 1.54) is 12.1 Å². The molecule has 0 spiro atoms. The third-order valence-electron chi connectivity index (χ3n) is 3.40. The fraction of sp³-hybridized carbons (Fsp3) is 0.294. The predicted molar refractivity (Wildman–Crippen MR) is 80.3 cm³/mol. The molecule has 0 atom stereocenters. The van der Waals surface area contributed by atoms with Crippen molar-refractivity contribution in [1.82, 2.24) is 4.57 Å². The van der Waals surface area contributed by atoms with Gasteiger partial charge in [-0.2, -0.15) is 5.26 Å². The summed E-state index contributed by atoms with van der Waals surface area (Å²) < 4.78 is 14.7. The number of rotatable bonds is 5. The van der Waals surface area contributed by atoms with Gasteiger partial charge in [-0.1, -0.05) is 19.4 Å². The average molecular weight is 284 g/mol. The summed E-state index contributed by atoms with van der Waals surface area (Å²) in [6.45, 7) is 2.66. The molecule has 2 rings (SSSR count). The van der Waals surface area contributed by atoms with Gasteiger partial charge < -0.3 is 4.57 Å². The van der Waals surface area contributed by atoms with Crippen LogP contribution < -0.4 is 5.56 Å². The molecule has 108 valence electrons. The molecule has 0 saturated carbocycles. The minimum atomic E-state index is -0.303. The molecule has 1 aromatic carbocycles. The predicted octanol–water partition coefficient (Wildman–Crippen LogP) is 3.52. The number of halogens is 1. The van der Waals surface area contributed by atoms with Crippen LogP contribution in [0.5, 0.6) is 0 Å². The van der Waals surface area contributed by atoms with Crippen LogP contribution in [0.2, 0.25) is 0 Å². The van der Waals surface area contributed by atoms with Crippen LogP contribution in [-0.4, -0.2) is 4.57 Å². The highest BCUT2D eigenvalue weighted by Crippen LogP contribution is 2.19. The molecule has 0 amide bonds. The van der Waals surface area contributed by atoms with Crippen molar-refractivity contribution in [3.8, 4) is 17.3 Å². The molecule has 0 radical (unpaired) electrons. The van der Waals surface area contributed by atoms with Gasteiger partial charge in [0.1, 0.15) is 5.82 Å². The molecule has 1 aromatic heterocycles. The van der Waals surface area contributed by atoms with Crippen molar-refractivity contribution in [3.05, 3.63) is 58.1 Å². The zero-order valence-electron chi connectivity index (χ0n) is 12.0. The average Bonchev–Trinajstić information content (AvgIpc) is 2.49. The van der Waals surface area contributed by atoms with E-state index in [9.17, 15) is 9.18 Å². The molecule has 0 aliphatic heterocycles. The largest absolute Gasteiger partial charge is 0.308 e. The highest BCUT2D eigenvalue weighted by molar-refractivity contribution is 5.59. The molecule has 3 nitrogen and oxygen atoms in total. The fourth-order valence-electron chi connectivity index (χ4n) is 2.25. The monoisotopic (exact) mass is 284 g/mol. The lowest BCUT2D eigenvalue weighted by atomic mass is 10.1. The Morgan fingerprint density at radius 1 is 1.19 bits per heavy atom. The second-order valence-electron chi connectivity index (χ2n) is 4.90. The highest BCUT2D eigenvalue weighted by atomic mass is 19.1. The Balaban J connectivity index is 2.54. The molecule has 1 heterocycles. The van der Waals surface area contributed by atoms with Crippen molar-refractivity contribution in [3.63, 3.8) is 0 Å². The van der Waals surface area contributed by atoms with Gasteiger partial charge in [-0.3, -0.25) is 4.79 Å². The van der Waals surface area contributed by atoms with Gasteiger partial charge in [0, 0.05) is 12.1 Å². The van der Waals surface area contributed by atoms with Crippen molar-refractivity contribution in [1.29, 1.82) is 5.26 Å². The zero-order chi connectivity index (χ0) is 15.2. The van der Waals surface area contributed by atoms with E-state index in [2.05, 4.69) is 6.92 Å². The zero-order valence-corrected chi connectivity index (χ0v) is 12.0. The Morgan fingerprint density at radius 2 is 1.90 bits per heavy atom. The second-order valence-corrected chi connectivity index (χ2v) is 4.90. The maximum absolute atomic E-state index is 13.0. The first kappa shape index (κ1) is 15.0. The van der Waals surface area contributed by atoms with Crippen LogP contribution >= 0.6 is 0 Å². The molecule has 0 aliphatic carbocycles. The summed E-state index contributed by atoms with van der Waals surface area (Å²) in [4.78, 5) is 12.5. The van der Waals surface area contributed by atoms with E-state index in [1.54, 1.807) is 22.8 Å². The molecular formula is C17H17FN2O. The fourth-order valence-corrected chi connectivity index (χ4v) is 2.25. The lowest BCUT2D eigenvalue weighted by molar-refractivity contribution is 0.614. The molecule has 0 unspecified atom stereocenters. The number of hydrogen-bond donors (Lipinski definition) is 0. The molecule has 4 heteroatoms. The van der Waals surface area contributed by atoms with Crippen molar-refractivity contribution in [2.45, 2.75) is 32.7 Å². The van der Waals surface area contributed by atoms with Crippen LogP contribution in [0.15, 0.2) is 41.2 Å². The summed E-state index contributed by atoms with van der Waals surface area (Å²) in [6, 6.07) is 11.6. The number of hydrogen-bond acceptors (Lipinski definition) is 2. The molecule has 0 N–H and O–H groups in total. The summed E-state index contributed by atoms with van der Waals surface area (Å²) >= 11 is 0. The molecule has 0 saturated heterocycles. The number of unbranched alkanes of at least 4 members (excludes halogenated alkanes) is 1. The smallest absolute Gasteiger partial charge is 0.255 e. The van der Waals surface area contributed by atoms with Gasteiger partial charge in [-0.05, 0) is 42.3 Å². The molecule has 21 heavy (non-hydrogen) atoms. The van der Waals surface area contributed by atoms with Crippen molar-refractivity contribution in [2.75, 3.05) is 0 Å². The molecule has 0 aliphatic rings. The van der Waals surface area contributed by atoms with Crippen molar-refractivity contribution >= 4 is 0 Å². The van der Waals surface area contributed by atoms with Gasteiger partial charge in [0.25, 0.3) is 5.56 Å². The Hall–Kier alpha value is -2.41. The summed E-state index contributed by atoms with van der Waals surface area (Å²) in [5, 5.41) is 8.79. The lowest BCUT2D eigenvalue weighted by Gasteiger charge is -2.14. The molecule has 2 aromatic rings. The number of nitriles is 1. The highest BCUT2D eigenvalue weighted by Gasteiger charge is 2.10. The van der Waals surface area contributed by atoms with E-state index in [0.717, 1.165) is 24.1 Å². The van der Waals surface area contributed by atoms with Crippen molar-refractivity contribution < 1.29 is 4.39 Å². The van der Waals surface area contributed by atoms with Crippen LogP contribution in [0.25, 0.3) is 11.3 Å². The minimum absolute atomic E-state index is 0.106. The maximum Gasteiger partial charge on any atom is 0.255 e. The van der Waals surface area contributed by atoms with E-state index in [0.29, 0.717) is 12.1 Å². The topological polar surface area (TPSA) is 45.8 Å². The quantitative estimate of drug-likeness (QED) is 0.843. The Bertz CT molecular complexity index is 711. The van der Waals surface area contributed by atoms with Crippen LogP contribution in [0.3, 0.4) is 0 Å². The third kappa shape index (κ3) is 3.38. The number of aromatic nitrogens is 1. The number of nitrogens with zero attached hydrogens (tertiary/aromatic N) is 2. The van der Waals surface area contributed by atoms with E-state index < -0.39 is 0 Å². The Kier molecular flexibility index (Phi) is 4.89. The van der Waals surface area contributed by atoms with E-state index in [4.69, 9.17) is 5.26 Å². The molecule has 0 bridgehead atoms. The van der Waals surface area contributed by atoms with Crippen molar-refractivity contribution in [2.24, 2.45) is 0 Å². The van der Waals surface area contributed by atoms with Crippen LogP contribution in [-0.2, 0) is 13.0 Å². The SMILES string of the molecule is CCCCn1c(-c2ccc(F)cc2)ccc(CC#N)c1=O. The normalized spacial score (nSPS) is 10.3.